The zero-order valence-electron chi connectivity index (χ0n) is 9.91. The van der Waals surface area contributed by atoms with Crippen LogP contribution in [0.4, 0.5) is 0 Å². The summed E-state index contributed by atoms with van der Waals surface area (Å²) in [5.41, 5.74) is 1.68. The fraction of sp³-hybridized carbons (Fsp3) is 0.0769. The Morgan fingerprint density at radius 3 is 2.42 bits per heavy atom. The van der Waals surface area contributed by atoms with Gasteiger partial charge in [-0.1, -0.05) is 41.9 Å². The van der Waals surface area contributed by atoms with Crippen LogP contribution < -0.4 is 9.32 Å². The predicted octanol–water partition coefficient (Wildman–Crippen LogP) is 2.51. The van der Waals surface area contributed by atoms with Gasteiger partial charge >= 0.3 is 10.3 Å². The Bertz CT molecular complexity index is 672. The molecule has 19 heavy (non-hydrogen) atoms. The van der Waals surface area contributed by atoms with E-state index in [1.165, 1.54) is 6.07 Å². The molecule has 0 radical (unpaired) electrons. The lowest BCUT2D eigenvalue weighted by molar-refractivity contribution is 0.485. The van der Waals surface area contributed by atoms with Gasteiger partial charge in [-0.3, -0.25) is 0 Å². The molecule has 100 valence electrons. The van der Waals surface area contributed by atoms with Gasteiger partial charge in [-0.2, -0.15) is 13.6 Å². The summed E-state index contributed by atoms with van der Waals surface area (Å²) in [6, 6.07) is 14.3. The topological polar surface area (TPSA) is 69.4 Å². The molecule has 0 aromatic heterocycles. The molecule has 0 fully saturated rings. The van der Waals surface area contributed by atoms with Crippen LogP contribution >= 0.6 is 11.6 Å². The molecule has 0 saturated carbocycles. The van der Waals surface area contributed by atoms with E-state index in [4.69, 9.17) is 20.9 Å². The van der Waals surface area contributed by atoms with Gasteiger partial charge in [0.25, 0.3) is 0 Å². The van der Waals surface area contributed by atoms with Crippen molar-refractivity contribution in [2.75, 3.05) is 0 Å². The van der Waals surface area contributed by atoms with Gasteiger partial charge < -0.3 is 4.18 Å². The maximum Gasteiger partial charge on any atom is 0.380 e. The van der Waals surface area contributed by atoms with Crippen molar-refractivity contribution in [3.63, 3.8) is 0 Å². The molecule has 0 atom stereocenters. The van der Waals surface area contributed by atoms with E-state index in [2.05, 4.69) is 0 Å². The maximum absolute atomic E-state index is 11.0. The van der Waals surface area contributed by atoms with Crippen LogP contribution in [-0.2, 0) is 16.7 Å². The molecule has 2 N–H and O–H groups in total. The first-order valence-electron chi connectivity index (χ1n) is 5.48. The van der Waals surface area contributed by atoms with Gasteiger partial charge in [0.05, 0.1) is 0 Å². The van der Waals surface area contributed by atoms with E-state index < -0.39 is 10.3 Å². The zero-order chi connectivity index (χ0) is 13.9. The molecule has 0 heterocycles. The number of hydrogen-bond acceptors (Lipinski definition) is 3. The number of nitrogens with two attached hydrogens (primary N) is 1. The van der Waals surface area contributed by atoms with E-state index in [9.17, 15) is 8.42 Å². The van der Waals surface area contributed by atoms with Gasteiger partial charge in [-0.05, 0) is 23.8 Å². The van der Waals surface area contributed by atoms with Gasteiger partial charge in [-0.25, -0.2) is 0 Å². The first kappa shape index (κ1) is 13.9. The number of benzene rings is 2. The minimum Gasteiger partial charge on any atom is -0.371 e. The summed E-state index contributed by atoms with van der Waals surface area (Å²) in [6.45, 7) is 0. The standard InChI is InChI=1S/C13H12ClNO3S/c14-12-6-7-13(18-19(15,16)17)11(9-12)8-10-4-2-1-3-5-10/h1-7,9H,8H2,(H2,15,16,17). The van der Waals surface area contributed by atoms with E-state index in [1.54, 1.807) is 12.1 Å². The quantitative estimate of drug-likeness (QED) is 0.942. The minimum absolute atomic E-state index is 0.191. The molecule has 4 nitrogen and oxygen atoms in total. The average Bonchev–Trinajstić information content (AvgIpc) is 2.32. The minimum atomic E-state index is -4.05. The second-order valence-corrected chi connectivity index (χ2v) is 5.58. The molecule has 2 aromatic rings. The van der Waals surface area contributed by atoms with Gasteiger partial charge in [0, 0.05) is 17.0 Å². The van der Waals surface area contributed by atoms with Crippen LogP contribution in [0.5, 0.6) is 5.75 Å². The summed E-state index contributed by atoms with van der Waals surface area (Å²) in [6.07, 6.45) is 0.506. The third-order valence-corrected chi connectivity index (χ3v) is 3.11. The third kappa shape index (κ3) is 4.24. The smallest absolute Gasteiger partial charge is 0.371 e. The number of rotatable bonds is 4. The van der Waals surface area contributed by atoms with Gasteiger partial charge in [-0.15, -0.1) is 0 Å². The molecule has 0 saturated heterocycles. The molecule has 0 aliphatic rings. The van der Waals surface area contributed by atoms with E-state index in [-0.39, 0.29) is 5.75 Å². The second-order valence-electron chi connectivity index (χ2n) is 3.99. The first-order valence-corrected chi connectivity index (χ1v) is 7.33. The summed E-state index contributed by atoms with van der Waals surface area (Å²) in [7, 11) is -4.05. The van der Waals surface area contributed by atoms with E-state index in [0.29, 0.717) is 17.0 Å². The Morgan fingerprint density at radius 2 is 1.79 bits per heavy atom. The molecule has 2 aromatic carbocycles. The fourth-order valence-corrected chi connectivity index (χ4v) is 2.32. The van der Waals surface area contributed by atoms with Crippen molar-refractivity contribution in [1.29, 1.82) is 0 Å². The molecular formula is C13H12ClNO3S. The van der Waals surface area contributed by atoms with Crippen LogP contribution in [0.1, 0.15) is 11.1 Å². The van der Waals surface area contributed by atoms with Gasteiger partial charge in [0.1, 0.15) is 5.75 Å². The molecule has 2 rings (SSSR count). The molecule has 0 aliphatic carbocycles. The van der Waals surface area contributed by atoms with Crippen molar-refractivity contribution in [1.82, 2.24) is 0 Å². The van der Waals surface area contributed by atoms with Gasteiger partial charge in [0.2, 0.25) is 0 Å². The van der Waals surface area contributed by atoms with Crippen LogP contribution in [-0.4, -0.2) is 8.42 Å². The maximum atomic E-state index is 11.0. The molecule has 0 spiro atoms. The van der Waals surface area contributed by atoms with Crippen molar-refractivity contribution in [2.45, 2.75) is 6.42 Å². The monoisotopic (exact) mass is 297 g/mol. The predicted molar refractivity (Wildman–Crippen MR) is 74.4 cm³/mol. The summed E-state index contributed by atoms with van der Waals surface area (Å²) >= 11 is 5.92. The average molecular weight is 298 g/mol. The Kier molecular flexibility index (Phi) is 4.09. The van der Waals surface area contributed by atoms with E-state index >= 15 is 0 Å². The Hall–Kier alpha value is -1.56. The Labute approximate surface area is 117 Å². The highest BCUT2D eigenvalue weighted by atomic mass is 35.5. The summed E-state index contributed by atoms with van der Waals surface area (Å²) in [5.74, 6) is 0.191. The highest BCUT2D eigenvalue weighted by Gasteiger charge is 2.11. The lowest BCUT2D eigenvalue weighted by Crippen LogP contribution is -2.19. The van der Waals surface area contributed by atoms with Crippen LogP contribution in [0.3, 0.4) is 0 Å². The molecule has 0 bridgehead atoms. The Morgan fingerprint density at radius 1 is 1.11 bits per heavy atom. The lowest BCUT2D eigenvalue weighted by atomic mass is 10.0. The van der Waals surface area contributed by atoms with E-state index in [0.717, 1.165) is 5.56 Å². The zero-order valence-corrected chi connectivity index (χ0v) is 11.5. The van der Waals surface area contributed by atoms with E-state index in [1.807, 2.05) is 30.3 Å². The van der Waals surface area contributed by atoms with Crippen LogP contribution in [0, 0.1) is 0 Å². The molecule has 0 aliphatic heterocycles. The summed E-state index contributed by atoms with van der Waals surface area (Å²) in [5, 5.41) is 5.39. The van der Waals surface area contributed by atoms with Crippen molar-refractivity contribution in [2.24, 2.45) is 5.14 Å². The second kappa shape index (κ2) is 5.61. The number of hydrogen-bond donors (Lipinski definition) is 1. The third-order valence-electron chi connectivity index (χ3n) is 2.47. The number of halogens is 1. The van der Waals surface area contributed by atoms with Crippen molar-refractivity contribution >= 4 is 21.9 Å². The first-order chi connectivity index (χ1) is 8.94. The molecule has 0 amide bonds. The fourth-order valence-electron chi connectivity index (χ4n) is 1.71. The summed E-state index contributed by atoms with van der Waals surface area (Å²) in [4.78, 5) is 0. The van der Waals surface area contributed by atoms with Gasteiger partial charge in [0.15, 0.2) is 0 Å². The van der Waals surface area contributed by atoms with Crippen molar-refractivity contribution < 1.29 is 12.6 Å². The lowest BCUT2D eigenvalue weighted by Gasteiger charge is -2.10. The SMILES string of the molecule is NS(=O)(=O)Oc1ccc(Cl)cc1Cc1ccccc1. The van der Waals surface area contributed by atoms with Crippen LogP contribution in [0.2, 0.25) is 5.02 Å². The Balaban J connectivity index is 2.35. The van der Waals surface area contributed by atoms with Crippen molar-refractivity contribution in [3.05, 3.63) is 64.7 Å². The summed E-state index contributed by atoms with van der Waals surface area (Å²) < 4.78 is 26.8. The normalized spacial score (nSPS) is 11.3. The highest BCUT2D eigenvalue weighted by molar-refractivity contribution is 7.84. The van der Waals surface area contributed by atoms with Crippen LogP contribution in [0.25, 0.3) is 0 Å². The largest absolute Gasteiger partial charge is 0.380 e. The molecule has 0 unspecified atom stereocenters. The molecular weight excluding hydrogens is 286 g/mol. The van der Waals surface area contributed by atoms with Crippen molar-refractivity contribution in [3.8, 4) is 5.75 Å². The molecule has 6 heteroatoms. The van der Waals surface area contributed by atoms with Crippen LogP contribution in [0.15, 0.2) is 48.5 Å². The highest BCUT2D eigenvalue weighted by Crippen LogP contribution is 2.26.